The van der Waals surface area contributed by atoms with Crippen molar-refractivity contribution < 1.29 is 101 Å². The molecule has 0 aliphatic carbocycles. The number of aliphatic hydroxyl groups is 1. The molecule has 0 aromatic rings. The third-order valence-corrected chi connectivity index (χ3v) is 1.60. The van der Waals surface area contributed by atoms with Gasteiger partial charge in [-0.25, -0.2) is 6.03 Å². The molecule has 1 saturated heterocycles. The molecule has 3 nitrogen and oxygen atoms in total. The molecule has 1 N–H and O–H groups in total. The van der Waals surface area contributed by atoms with Crippen molar-refractivity contribution in [1.29, 1.82) is 0 Å². The number of hydrogen-bond acceptors (Lipinski definition) is 3. The maximum absolute atomic E-state index is 9.18. The molecular weight excluding hydrogens is 537 g/mol. The number of aliphatic hydroxyl groups excluding tert-OH is 1. The van der Waals surface area contributed by atoms with Crippen molar-refractivity contribution in [1.82, 2.24) is 0 Å². The van der Waals surface area contributed by atoms with Crippen molar-refractivity contribution in [2.75, 3.05) is 13.2 Å². The van der Waals surface area contributed by atoms with Crippen LogP contribution >= 0.6 is 9.24 Å². The molecule has 1 aliphatic rings. The maximum atomic E-state index is 9.18. The largest absolute Gasteiger partial charge is 0.537 e. The van der Waals surface area contributed by atoms with Crippen LogP contribution in [0.3, 0.4) is 0 Å². The molecule has 0 spiro atoms. The van der Waals surface area contributed by atoms with Crippen LogP contribution in [-0.2, 0) is 96.0 Å². The maximum Gasteiger partial charge on any atom is 0.0644 e. The minimum absolute atomic E-state index is 0. The predicted molar refractivity (Wildman–Crippen MR) is 50.0 cm³/mol. The van der Waals surface area contributed by atoms with Gasteiger partial charge < -0.3 is 27.5 Å². The molecule has 1 aliphatic heterocycles. The van der Waals surface area contributed by atoms with Crippen molar-refractivity contribution >= 4 is 15.3 Å². The van der Waals surface area contributed by atoms with Gasteiger partial charge in [-0.05, 0) is 0 Å². The van der Waals surface area contributed by atoms with E-state index in [0.717, 1.165) is 0 Å². The van der Waals surface area contributed by atoms with Crippen molar-refractivity contribution in [2.45, 2.75) is 13.0 Å². The average molecular weight is 551 g/mol. The third-order valence-electron chi connectivity index (χ3n) is 1.60. The Morgan fingerprint density at radius 1 is 1.60 bits per heavy atom. The molecule has 1 heterocycles. The predicted octanol–water partition coefficient (Wildman–Crippen LogP) is 0.343. The molecule has 3 unspecified atom stereocenters. The second kappa shape index (κ2) is 19.3. The average Bonchev–Trinajstić information content (AvgIpc) is 2.07. The van der Waals surface area contributed by atoms with Crippen molar-refractivity contribution in [2.24, 2.45) is 5.92 Å². The fraction of sp³-hybridized carbons (Fsp3) is 0.625. The fourth-order valence-electron chi connectivity index (χ4n) is 0.994. The Kier molecular flexibility index (Phi) is 34.0. The molecule has 3 atom stereocenters. The van der Waals surface area contributed by atoms with Crippen molar-refractivity contribution in [3.05, 3.63) is 12.8 Å². The van der Waals surface area contributed by atoms with Gasteiger partial charge in [0.25, 0.3) is 0 Å². The first-order chi connectivity index (χ1) is 5.76. The van der Waals surface area contributed by atoms with Gasteiger partial charge >= 0.3 is 0 Å². The van der Waals surface area contributed by atoms with E-state index in [1.807, 2.05) is 19.8 Å². The minimum Gasteiger partial charge on any atom is -0.537 e. The van der Waals surface area contributed by atoms with Crippen LogP contribution < -0.4 is 0 Å². The summed E-state index contributed by atoms with van der Waals surface area (Å²) in [7, 11) is 1.77. The van der Waals surface area contributed by atoms with Crippen LogP contribution in [0.25, 0.3) is 0 Å². The molecule has 7 heteroatoms. The number of rotatable bonds is 1. The van der Waals surface area contributed by atoms with Gasteiger partial charge in [-0.15, -0.1) is 0 Å². The van der Waals surface area contributed by atoms with E-state index in [1.54, 1.807) is 9.24 Å². The summed E-state index contributed by atoms with van der Waals surface area (Å²) in [5.74, 6) is 0.235. The van der Waals surface area contributed by atoms with Gasteiger partial charge in [0.2, 0.25) is 0 Å². The summed E-state index contributed by atoms with van der Waals surface area (Å²) in [5, 5.41) is 9.18. The summed E-state index contributed by atoms with van der Waals surface area (Å²) < 4.78 is 4.99. The zero-order valence-electron chi connectivity index (χ0n) is 8.63. The molecule has 0 bridgehead atoms. The van der Waals surface area contributed by atoms with Gasteiger partial charge in [0, 0.05) is 92.6 Å². The van der Waals surface area contributed by atoms with E-state index in [1.165, 1.54) is 6.03 Å². The van der Waals surface area contributed by atoms with E-state index < -0.39 is 0 Å². The van der Waals surface area contributed by atoms with Gasteiger partial charge in [0.1, 0.15) is 0 Å². The van der Waals surface area contributed by atoms with Crippen LogP contribution in [0.15, 0.2) is 0 Å². The first-order valence-electron chi connectivity index (χ1n) is 3.72. The van der Waals surface area contributed by atoms with Crippen LogP contribution in [-0.4, -0.2) is 30.5 Å². The summed E-state index contributed by atoms with van der Waals surface area (Å²) in [6.07, 6.45) is 3.66. The van der Waals surface area contributed by atoms with Crippen LogP contribution in [0.5, 0.6) is 0 Å². The fourth-order valence-corrected chi connectivity index (χ4v) is 0.994. The molecule has 15 heavy (non-hydrogen) atoms. The molecule has 1 rings (SSSR count). The van der Waals surface area contributed by atoms with E-state index in [0.29, 0.717) is 13.2 Å². The Hall–Kier alpha value is 2.92. The number of carbonyl (C=O) groups excluding carboxylic acids is 1. The Morgan fingerprint density at radius 2 is 2.07 bits per heavy atom. The molecule has 1 fully saturated rings. The summed E-state index contributed by atoms with van der Waals surface area (Å²) in [6.45, 7) is 3.10. The number of ether oxygens (including phenoxy) is 1. The van der Waals surface area contributed by atoms with Crippen LogP contribution in [0.2, 0.25) is 0 Å². The van der Waals surface area contributed by atoms with Crippen LogP contribution in [0.4, 0.5) is 0 Å². The summed E-state index contributed by atoms with van der Waals surface area (Å²) in [4.78, 5) is 8.64. The Morgan fingerprint density at radius 3 is 2.33 bits per heavy atom. The summed E-state index contributed by atoms with van der Waals surface area (Å²) >= 11 is 0. The van der Waals surface area contributed by atoms with Gasteiger partial charge in [0.05, 0.1) is 6.61 Å². The molecular formula is C8H14O3PWY2-3. The normalized spacial score (nSPS) is 22.9. The molecule has 2 radical (unpaired) electrons. The van der Waals surface area contributed by atoms with Gasteiger partial charge in [-0.3, -0.25) is 15.2 Å². The van der Waals surface area contributed by atoms with E-state index in [2.05, 4.69) is 0 Å². The third kappa shape index (κ3) is 14.9. The van der Waals surface area contributed by atoms with E-state index in [-0.39, 0.29) is 98.5 Å². The smallest absolute Gasteiger partial charge is 0.0644 e. The van der Waals surface area contributed by atoms with Crippen molar-refractivity contribution in [3.8, 4) is 0 Å². The Balaban J connectivity index is -0.0000000917. The first-order valence-corrected chi connectivity index (χ1v) is 4.30. The summed E-state index contributed by atoms with van der Waals surface area (Å²) in [6, 6.07) is 1.42. The van der Waals surface area contributed by atoms with Gasteiger partial charge in [0.15, 0.2) is 0 Å². The molecule has 84 valence electrons. The molecule has 0 amide bonds. The topological polar surface area (TPSA) is 46.5 Å². The molecule has 0 aromatic carbocycles. The first kappa shape index (κ1) is 26.5. The minimum atomic E-state index is -0.316. The quantitative estimate of drug-likeness (QED) is 0.379. The van der Waals surface area contributed by atoms with E-state index in [9.17, 15) is 5.11 Å². The SMILES string of the molecule is C[CH-]C1[CH-]COCC1O.O=[C-]P.[W].[Y].[Y]. The molecule has 0 aromatic heterocycles. The van der Waals surface area contributed by atoms with Crippen molar-refractivity contribution in [3.63, 3.8) is 0 Å². The summed E-state index contributed by atoms with van der Waals surface area (Å²) in [5.41, 5.74) is 0. The Labute approximate surface area is 159 Å². The van der Waals surface area contributed by atoms with Gasteiger partial charge in [-0.2, -0.15) is 6.92 Å². The van der Waals surface area contributed by atoms with Gasteiger partial charge in [-0.1, -0.05) is 6.61 Å². The Bertz CT molecular complexity index is 132. The monoisotopic (exact) mass is 551 g/mol. The second-order valence-electron chi connectivity index (χ2n) is 2.37. The number of hydrogen-bond donors (Lipinski definition) is 1. The van der Waals surface area contributed by atoms with E-state index >= 15 is 0 Å². The standard InChI is InChI=1S/C7H12O2.CH2OP.W.2Y/c1-2-6-3-4-9-5-7(6)8;2-1-3;;;/h2-3,6-8H,4-5H2,1H3;3H2;;;/q-2;-1;;;. The second-order valence-corrected chi connectivity index (χ2v) is 2.60. The van der Waals surface area contributed by atoms with Crippen LogP contribution in [0.1, 0.15) is 6.92 Å². The molecule has 0 saturated carbocycles. The van der Waals surface area contributed by atoms with Crippen LogP contribution in [0, 0.1) is 18.8 Å². The van der Waals surface area contributed by atoms with E-state index in [4.69, 9.17) is 9.53 Å². The zero-order chi connectivity index (χ0) is 9.40. The zero-order valence-corrected chi connectivity index (χ0v) is 18.4.